The van der Waals surface area contributed by atoms with Crippen LogP contribution in [0.1, 0.15) is 56.6 Å². The van der Waals surface area contributed by atoms with E-state index < -0.39 is 0 Å². The zero-order valence-corrected chi connectivity index (χ0v) is 23.4. The van der Waals surface area contributed by atoms with E-state index in [4.69, 9.17) is 4.98 Å². The van der Waals surface area contributed by atoms with E-state index >= 15 is 0 Å². The third-order valence-electron chi connectivity index (χ3n) is 8.11. The normalized spacial score (nSPS) is 16.6. The van der Waals surface area contributed by atoms with Crippen molar-refractivity contribution in [3.8, 4) is 11.3 Å². The fourth-order valence-corrected chi connectivity index (χ4v) is 5.60. The van der Waals surface area contributed by atoms with Crippen LogP contribution in [0.25, 0.3) is 27.9 Å². The molecule has 2 aliphatic heterocycles. The molecule has 1 aromatic carbocycles. The number of aryl methyl sites for hydroxylation is 1. The van der Waals surface area contributed by atoms with Crippen molar-refractivity contribution in [2.24, 2.45) is 4.99 Å². The van der Waals surface area contributed by atoms with Crippen LogP contribution in [0.4, 0.5) is 11.6 Å². The second kappa shape index (κ2) is 11.1. The molecule has 8 nitrogen and oxygen atoms in total. The fraction of sp³-hybridized carbons (Fsp3) is 0.344. The van der Waals surface area contributed by atoms with Crippen LogP contribution in [0.5, 0.6) is 0 Å². The molecule has 0 spiro atoms. The van der Waals surface area contributed by atoms with Crippen LogP contribution in [0.3, 0.4) is 0 Å². The van der Waals surface area contributed by atoms with Crippen molar-refractivity contribution in [3.05, 3.63) is 82.5 Å². The molecule has 1 N–H and O–H groups in total. The molecular weight excluding hydrogens is 498 g/mol. The third kappa shape index (κ3) is 5.31. The van der Waals surface area contributed by atoms with Crippen LogP contribution in [0, 0.1) is 0 Å². The number of fused-ring (bicyclic) bond motifs is 1. The summed E-state index contributed by atoms with van der Waals surface area (Å²) >= 11 is 0. The Morgan fingerprint density at radius 3 is 2.48 bits per heavy atom. The highest BCUT2D eigenvalue weighted by atomic mass is 16.1. The maximum Gasteiger partial charge on any atom is 0.261 e. The van der Waals surface area contributed by atoms with Gasteiger partial charge in [-0.2, -0.15) is 4.98 Å². The molecule has 2 aliphatic rings. The Balaban J connectivity index is 1.25. The number of piperidine rings is 1. The van der Waals surface area contributed by atoms with Crippen molar-refractivity contribution in [2.45, 2.75) is 52.0 Å². The summed E-state index contributed by atoms with van der Waals surface area (Å²) < 4.78 is 1.69. The summed E-state index contributed by atoms with van der Waals surface area (Å²) in [6, 6.07) is 14.4. The quantitative estimate of drug-likeness (QED) is 0.326. The predicted octanol–water partition coefficient (Wildman–Crippen LogP) is 6.02. The second-order valence-corrected chi connectivity index (χ2v) is 10.9. The molecule has 8 heteroatoms. The van der Waals surface area contributed by atoms with Gasteiger partial charge in [-0.05, 0) is 107 Å². The molecule has 0 aliphatic carbocycles. The number of likely N-dealkylation sites (tertiary alicyclic amines) is 1. The summed E-state index contributed by atoms with van der Waals surface area (Å²) in [5, 5.41) is 4.11. The number of benzene rings is 1. The van der Waals surface area contributed by atoms with Crippen molar-refractivity contribution >= 4 is 34.0 Å². The molecule has 0 amide bonds. The molecular formula is C32H35N7O. The number of pyridine rings is 2. The average molecular weight is 534 g/mol. The van der Waals surface area contributed by atoms with Gasteiger partial charge in [0, 0.05) is 41.9 Å². The van der Waals surface area contributed by atoms with Gasteiger partial charge in [0.1, 0.15) is 5.65 Å². The Labute approximate surface area is 234 Å². The van der Waals surface area contributed by atoms with E-state index in [1.54, 1.807) is 10.8 Å². The monoisotopic (exact) mass is 533 g/mol. The van der Waals surface area contributed by atoms with Crippen molar-refractivity contribution in [1.82, 2.24) is 24.4 Å². The first-order chi connectivity index (χ1) is 19.5. The maximum atomic E-state index is 13.5. The van der Waals surface area contributed by atoms with Crippen molar-refractivity contribution in [1.29, 1.82) is 0 Å². The minimum absolute atomic E-state index is 0.112. The number of hydrogen-bond donors (Lipinski definition) is 1. The number of nitrogens with zero attached hydrogens (tertiary/aromatic N) is 6. The molecule has 0 unspecified atom stereocenters. The highest BCUT2D eigenvalue weighted by molar-refractivity contribution is 5.87. The van der Waals surface area contributed by atoms with Crippen molar-refractivity contribution in [3.63, 3.8) is 0 Å². The number of rotatable bonds is 6. The number of allylic oxidation sites excluding steroid dienone is 1. The minimum atomic E-state index is -0.112. The van der Waals surface area contributed by atoms with E-state index in [0.717, 1.165) is 48.3 Å². The van der Waals surface area contributed by atoms with Crippen molar-refractivity contribution < 1.29 is 0 Å². The Morgan fingerprint density at radius 1 is 1.00 bits per heavy atom. The van der Waals surface area contributed by atoms with E-state index in [1.165, 1.54) is 24.0 Å². The van der Waals surface area contributed by atoms with E-state index in [-0.39, 0.29) is 5.56 Å². The molecule has 4 aromatic rings. The SMILES string of the molecule is CCn1c(=O)c(-c2ccc(C3=CN=C(C)CC3)cn2)cc2cnc(Nc3ccc(C4CCN(C)CC4)cc3)nc21. The molecule has 6 rings (SSSR count). The zero-order chi connectivity index (χ0) is 27.6. The smallest absolute Gasteiger partial charge is 0.261 e. The van der Waals surface area contributed by atoms with Crippen LogP contribution < -0.4 is 10.9 Å². The molecule has 1 saturated heterocycles. The van der Waals surface area contributed by atoms with Gasteiger partial charge in [-0.25, -0.2) is 4.98 Å². The third-order valence-corrected chi connectivity index (χ3v) is 8.11. The lowest BCUT2D eigenvalue weighted by atomic mass is 9.89. The average Bonchev–Trinajstić information content (AvgIpc) is 2.98. The molecule has 1 fully saturated rings. The standard InChI is InChI=1S/C32H35N7O/c1-4-39-30-26(17-28(31(39)40)29-12-9-25(19-34-29)24-6-5-21(2)33-18-24)20-35-32(37-30)36-27-10-7-22(8-11-27)23-13-15-38(3)16-14-23/h7-12,17-20,23H,4-6,13-16H2,1-3H3,(H,35,36,37). The van der Waals surface area contributed by atoms with Gasteiger partial charge in [0.25, 0.3) is 5.56 Å². The molecule has 0 atom stereocenters. The summed E-state index contributed by atoms with van der Waals surface area (Å²) in [7, 11) is 2.19. The number of anilines is 2. The lowest BCUT2D eigenvalue weighted by Gasteiger charge is -2.29. The lowest BCUT2D eigenvalue weighted by molar-refractivity contribution is 0.255. The Kier molecular flexibility index (Phi) is 7.26. The highest BCUT2D eigenvalue weighted by Gasteiger charge is 2.18. The highest BCUT2D eigenvalue weighted by Crippen LogP contribution is 2.29. The zero-order valence-electron chi connectivity index (χ0n) is 23.4. The van der Waals surface area contributed by atoms with E-state index in [1.807, 2.05) is 44.4 Å². The minimum Gasteiger partial charge on any atom is -0.324 e. The fourth-order valence-electron chi connectivity index (χ4n) is 5.60. The van der Waals surface area contributed by atoms with Crippen molar-refractivity contribution in [2.75, 3.05) is 25.5 Å². The Bertz CT molecular complexity index is 1640. The summed E-state index contributed by atoms with van der Waals surface area (Å²) in [6.45, 7) is 6.78. The summed E-state index contributed by atoms with van der Waals surface area (Å²) in [5.41, 5.74) is 7.33. The van der Waals surface area contributed by atoms with Crippen LogP contribution in [0.2, 0.25) is 0 Å². The summed E-state index contributed by atoms with van der Waals surface area (Å²) in [6.07, 6.45) is 9.82. The molecule has 0 radical (unpaired) electrons. The van der Waals surface area contributed by atoms with Gasteiger partial charge in [-0.1, -0.05) is 18.2 Å². The Morgan fingerprint density at radius 2 is 1.80 bits per heavy atom. The molecule has 0 bridgehead atoms. The van der Waals surface area contributed by atoms with Crippen LogP contribution >= 0.6 is 0 Å². The number of hydrogen-bond acceptors (Lipinski definition) is 7. The molecule has 5 heterocycles. The predicted molar refractivity (Wildman–Crippen MR) is 162 cm³/mol. The van der Waals surface area contributed by atoms with E-state index in [0.29, 0.717) is 35.3 Å². The maximum absolute atomic E-state index is 13.5. The number of aromatic nitrogens is 4. The first-order valence-electron chi connectivity index (χ1n) is 14.1. The van der Waals surface area contributed by atoms with Gasteiger partial charge in [-0.3, -0.25) is 19.3 Å². The topological polar surface area (TPSA) is 88.3 Å². The number of nitrogens with one attached hydrogen (secondary N) is 1. The van der Waals surface area contributed by atoms with E-state index in [9.17, 15) is 4.79 Å². The molecule has 0 saturated carbocycles. The van der Waals surface area contributed by atoms with Gasteiger partial charge in [-0.15, -0.1) is 0 Å². The summed E-state index contributed by atoms with van der Waals surface area (Å²) in [5.74, 6) is 1.08. The molecule has 204 valence electrons. The first kappa shape index (κ1) is 26.1. The van der Waals surface area contributed by atoms with Crippen LogP contribution in [-0.2, 0) is 6.54 Å². The first-order valence-corrected chi connectivity index (χ1v) is 14.1. The van der Waals surface area contributed by atoms with Crippen LogP contribution in [-0.4, -0.2) is 50.3 Å². The van der Waals surface area contributed by atoms with Gasteiger partial charge in [0.05, 0.1) is 11.3 Å². The second-order valence-electron chi connectivity index (χ2n) is 10.9. The molecule has 40 heavy (non-hydrogen) atoms. The lowest BCUT2D eigenvalue weighted by Crippen LogP contribution is -2.29. The Hall–Kier alpha value is -4.17. The summed E-state index contributed by atoms with van der Waals surface area (Å²) in [4.78, 5) is 34.3. The van der Waals surface area contributed by atoms with Gasteiger partial charge >= 0.3 is 0 Å². The van der Waals surface area contributed by atoms with Gasteiger partial charge in [0.15, 0.2) is 0 Å². The van der Waals surface area contributed by atoms with Crippen LogP contribution in [0.15, 0.2) is 70.8 Å². The van der Waals surface area contributed by atoms with Gasteiger partial charge in [0.2, 0.25) is 5.95 Å². The number of aliphatic imine (C=N–C) groups is 1. The van der Waals surface area contributed by atoms with Gasteiger partial charge < -0.3 is 10.2 Å². The largest absolute Gasteiger partial charge is 0.324 e. The molecule has 3 aromatic heterocycles. The van der Waals surface area contributed by atoms with E-state index in [2.05, 4.69) is 56.5 Å².